The summed E-state index contributed by atoms with van der Waals surface area (Å²) >= 11 is 0. The van der Waals surface area contributed by atoms with Crippen LogP contribution in [-0.2, 0) is 9.47 Å². The highest BCUT2D eigenvalue weighted by atomic mass is 16.5. The van der Waals surface area contributed by atoms with Crippen LogP contribution in [0.4, 0.5) is 5.69 Å². The Hall–Kier alpha value is -1.79. The third-order valence-corrected chi connectivity index (χ3v) is 3.22. The maximum absolute atomic E-state index is 8.98. The van der Waals surface area contributed by atoms with Crippen LogP contribution in [0.15, 0.2) is 23.4 Å². The Morgan fingerprint density at radius 3 is 2.57 bits per heavy atom. The Morgan fingerprint density at radius 1 is 1.24 bits per heavy atom. The molecule has 0 amide bonds. The Kier molecular flexibility index (Phi) is 7.56. The van der Waals surface area contributed by atoms with E-state index in [2.05, 4.69) is 10.1 Å². The minimum atomic E-state index is 0.114. The van der Waals surface area contributed by atoms with Crippen molar-refractivity contribution in [2.75, 3.05) is 45.4 Å². The molecule has 1 aromatic carbocycles. The number of aryl methyl sites for hydroxylation is 1. The number of methoxy groups -OCH3 is 2. The normalized spacial score (nSPS) is 11.7. The number of hydrogen-bond acceptors (Lipinski definition) is 5. The number of anilines is 1. The predicted molar refractivity (Wildman–Crippen MR) is 84.3 cm³/mol. The topological polar surface area (TPSA) is 80.3 Å². The molecule has 0 heterocycles. The lowest BCUT2D eigenvalue weighted by Crippen LogP contribution is -2.31. The molecule has 0 aliphatic rings. The highest BCUT2D eigenvalue weighted by Gasteiger charge is 2.14. The van der Waals surface area contributed by atoms with Crippen molar-refractivity contribution in [3.05, 3.63) is 29.3 Å². The van der Waals surface area contributed by atoms with Crippen LogP contribution in [0, 0.1) is 6.92 Å². The molecule has 0 atom stereocenters. The maximum atomic E-state index is 8.98. The summed E-state index contributed by atoms with van der Waals surface area (Å²) in [7, 11) is 3.36. The van der Waals surface area contributed by atoms with E-state index in [1.54, 1.807) is 14.2 Å². The van der Waals surface area contributed by atoms with Gasteiger partial charge >= 0.3 is 0 Å². The molecule has 0 aliphatic carbocycles. The lowest BCUT2D eigenvalue weighted by Gasteiger charge is -2.27. The fraction of sp³-hybridized carbons (Fsp3) is 0.533. The third-order valence-electron chi connectivity index (χ3n) is 3.22. The van der Waals surface area contributed by atoms with Gasteiger partial charge in [-0.3, -0.25) is 0 Å². The minimum Gasteiger partial charge on any atom is -0.409 e. The lowest BCUT2D eigenvalue weighted by molar-refractivity contribution is 0.191. The summed E-state index contributed by atoms with van der Waals surface area (Å²) in [5.41, 5.74) is 8.52. The second-order valence-corrected chi connectivity index (χ2v) is 4.83. The minimum absolute atomic E-state index is 0.114. The number of hydrogen-bond donors (Lipinski definition) is 2. The van der Waals surface area contributed by atoms with E-state index in [1.807, 2.05) is 25.1 Å². The van der Waals surface area contributed by atoms with E-state index in [1.165, 1.54) is 0 Å². The van der Waals surface area contributed by atoms with Gasteiger partial charge < -0.3 is 25.3 Å². The predicted octanol–water partition coefficient (Wildman–Crippen LogP) is 1.58. The van der Waals surface area contributed by atoms with Gasteiger partial charge in [-0.2, -0.15) is 0 Å². The summed E-state index contributed by atoms with van der Waals surface area (Å²) in [5.74, 6) is 0.114. The van der Waals surface area contributed by atoms with E-state index in [0.29, 0.717) is 13.2 Å². The summed E-state index contributed by atoms with van der Waals surface area (Å²) in [6.45, 7) is 4.81. The van der Waals surface area contributed by atoms with Crippen molar-refractivity contribution in [1.29, 1.82) is 0 Å². The van der Waals surface area contributed by atoms with E-state index < -0.39 is 0 Å². The van der Waals surface area contributed by atoms with Gasteiger partial charge in [0.1, 0.15) is 0 Å². The molecule has 21 heavy (non-hydrogen) atoms. The first-order chi connectivity index (χ1) is 10.1. The van der Waals surface area contributed by atoms with Crippen molar-refractivity contribution in [1.82, 2.24) is 0 Å². The second kappa shape index (κ2) is 9.20. The molecule has 6 nitrogen and oxygen atoms in total. The highest BCUT2D eigenvalue weighted by molar-refractivity contribution is 6.02. The highest BCUT2D eigenvalue weighted by Crippen LogP contribution is 2.22. The van der Waals surface area contributed by atoms with Crippen molar-refractivity contribution in [3.63, 3.8) is 0 Å². The van der Waals surface area contributed by atoms with Crippen LogP contribution in [0.1, 0.15) is 17.5 Å². The van der Waals surface area contributed by atoms with E-state index in [9.17, 15) is 0 Å². The van der Waals surface area contributed by atoms with E-state index in [0.717, 1.165) is 36.3 Å². The Morgan fingerprint density at radius 2 is 1.95 bits per heavy atom. The molecule has 0 radical (unpaired) electrons. The molecule has 6 heteroatoms. The average molecular weight is 295 g/mol. The van der Waals surface area contributed by atoms with Gasteiger partial charge in [0.05, 0.1) is 6.61 Å². The lowest BCUT2D eigenvalue weighted by atomic mass is 10.1. The van der Waals surface area contributed by atoms with Crippen LogP contribution < -0.4 is 10.6 Å². The zero-order valence-electron chi connectivity index (χ0n) is 13.0. The first-order valence-corrected chi connectivity index (χ1v) is 6.95. The molecule has 0 saturated carbocycles. The number of ether oxygens (including phenoxy) is 2. The number of nitrogens with zero attached hydrogens (tertiary/aromatic N) is 2. The average Bonchev–Trinajstić information content (AvgIpc) is 2.50. The van der Waals surface area contributed by atoms with Gasteiger partial charge in [-0.1, -0.05) is 16.8 Å². The van der Waals surface area contributed by atoms with Crippen molar-refractivity contribution in [2.24, 2.45) is 10.9 Å². The smallest absolute Gasteiger partial charge is 0.172 e. The molecular weight excluding hydrogens is 270 g/mol. The van der Waals surface area contributed by atoms with Crippen LogP contribution in [0.2, 0.25) is 0 Å². The van der Waals surface area contributed by atoms with Gasteiger partial charge in [-0.15, -0.1) is 0 Å². The molecule has 118 valence electrons. The molecule has 0 bridgehead atoms. The summed E-state index contributed by atoms with van der Waals surface area (Å²) < 4.78 is 10.3. The molecule has 0 spiro atoms. The van der Waals surface area contributed by atoms with Crippen LogP contribution in [-0.4, -0.2) is 51.6 Å². The van der Waals surface area contributed by atoms with Gasteiger partial charge in [0.15, 0.2) is 5.84 Å². The van der Waals surface area contributed by atoms with Gasteiger partial charge in [0, 0.05) is 45.2 Å². The van der Waals surface area contributed by atoms with Crippen molar-refractivity contribution >= 4 is 11.5 Å². The fourth-order valence-corrected chi connectivity index (χ4v) is 2.14. The largest absolute Gasteiger partial charge is 0.409 e. The number of nitrogens with two attached hydrogens (primary N) is 1. The second-order valence-electron chi connectivity index (χ2n) is 4.83. The summed E-state index contributed by atoms with van der Waals surface area (Å²) in [5, 5.41) is 12.1. The zero-order chi connectivity index (χ0) is 15.7. The third kappa shape index (κ3) is 5.24. The van der Waals surface area contributed by atoms with Crippen LogP contribution >= 0.6 is 0 Å². The molecule has 3 N–H and O–H groups in total. The molecule has 0 fully saturated rings. The molecule has 1 aromatic rings. The van der Waals surface area contributed by atoms with E-state index in [-0.39, 0.29) is 5.84 Å². The maximum Gasteiger partial charge on any atom is 0.172 e. The first-order valence-electron chi connectivity index (χ1n) is 6.95. The van der Waals surface area contributed by atoms with E-state index in [4.69, 9.17) is 20.4 Å². The monoisotopic (exact) mass is 295 g/mol. The first kappa shape index (κ1) is 17.3. The van der Waals surface area contributed by atoms with Crippen molar-refractivity contribution < 1.29 is 14.7 Å². The van der Waals surface area contributed by atoms with Crippen molar-refractivity contribution in [2.45, 2.75) is 13.3 Å². The molecule has 0 unspecified atom stereocenters. The summed E-state index contributed by atoms with van der Waals surface area (Å²) in [6, 6.07) is 5.92. The fourth-order valence-electron chi connectivity index (χ4n) is 2.14. The van der Waals surface area contributed by atoms with Gasteiger partial charge in [0.25, 0.3) is 0 Å². The molecule has 0 aliphatic heterocycles. The van der Waals surface area contributed by atoms with Crippen LogP contribution in [0.3, 0.4) is 0 Å². The van der Waals surface area contributed by atoms with Gasteiger partial charge in [-0.05, 0) is 25.5 Å². The number of rotatable bonds is 9. The number of benzene rings is 1. The molecule has 1 rings (SSSR count). The van der Waals surface area contributed by atoms with Crippen LogP contribution in [0.25, 0.3) is 0 Å². The zero-order valence-corrected chi connectivity index (χ0v) is 13.0. The Labute approximate surface area is 126 Å². The molecule has 0 saturated heterocycles. The summed E-state index contributed by atoms with van der Waals surface area (Å²) in [6.07, 6.45) is 0.893. The van der Waals surface area contributed by atoms with Gasteiger partial charge in [-0.25, -0.2) is 0 Å². The van der Waals surface area contributed by atoms with Crippen molar-refractivity contribution in [3.8, 4) is 0 Å². The SMILES string of the molecule is COCCCN(CCOC)c1ccc(C)cc1/C(N)=N/O. The van der Waals surface area contributed by atoms with E-state index >= 15 is 0 Å². The Bertz CT molecular complexity index is 463. The molecule has 0 aromatic heterocycles. The molecular formula is C15H25N3O3. The Balaban J connectivity index is 3.04. The summed E-state index contributed by atoms with van der Waals surface area (Å²) in [4.78, 5) is 2.16. The number of amidine groups is 1. The number of oxime groups is 1. The standard InChI is InChI=1S/C15H25N3O3/c1-12-5-6-14(13(11-12)15(16)17-19)18(8-10-21-3)7-4-9-20-2/h5-6,11,19H,4,7-10H2,1-3H3,(H2,16,17). The quantitative estimate of drug-likeness (QED) is 0.238. The van der Waals surface area contributed by atoms with Gasteiger partial charge in [0.2, 0.25) is 0 Å². The van der Waals surface area contributed by atoms with Crippen LogP contribution in [0.5, 0.6) is 0 Å².